The predicted octanol–water partition coefficient (Wildman–Crippen LogP) is 3.41. The van der Waals surface area contributed by atoms with Crippen molar-refractivity contribution in [2.75, 3.05) is 6.54 Å². The molecule has 1 aromatic heterocycles. The summed E-state index contributed by atoms with van der Waals surface area (Å²) in [5.41, 5.74) is 1.000. The zero-order chi connectivity index (χ0) is 14.8. The number of aromatic nitrogens is 1. The van der Waals surface area contributed by atoms with Gasteiger partial charge >= 0.3 is 0 Å². The summed E-state index contributed by atoms with van der Waals surface area (Å²) >= 11 is 6.24. The van der Waals surface area contributed by atoms with Gasteiger partial charge in [0, 0.05) is 11.9 Å². The van der Waals surface area contributed by atoms with Crippen molar-refractivity contribution in [3.05, 3.63) is 41.0 Å². The molecule has 1 amide bonds. The molecule has 2 heterocycles. The summed E-state index contributed by atoms with van der Waals surface area (Å²) in [6, 6.07) is 10.9. The van der Waals surface area contributed by atoms with Crippen LogP contribution in [0.1, 0.15) is 29.8 Å². The number of para-hydroxylation sites is 1. The lowest BCUT2D eigenvalue weighted by Gasteiger charge is -2.31. The number of hydrogen-bond acceptors (Lipinski definition) is 3. The van der Waals surface area contributed by atoms with E-state index in [1.54, 1.807) is 11.0 Å². The van der Waals surface area contributed by atoms with Crippen molar-refractivity contribution in [3.63, 3.8) is 0 Å². The number of rotatable bonds is 1. The highest BCUT2D eigenvalue weighted by atomic mass is 35.5. The van der Waals surface area contributed by atoms with Crippen LogP contribution in [0.4, 0.5) is 0 Å². The van der Waals surface area contributed by atoms with Crippen molar-refractivity contribution in [3.8, 4) is 6.07 Å². The van der Waals surface area contributed by atoms with Crippen molar-refractivity contribution < 1.29 is 4.79 Å². The summed E-state index contributed by atoms with van der Waals surface area (Å²) in [6.45, 7) is 0.600. The molecule has 1 unspecified atom stereocenters. The van der Waals surface area contributed by atoms with Crippen LogP contribution in [0, 0.1) is 11.3 Å². The van der Waals surface area contributed by atoms with Crippen LogP contribution in [0.3, 0.4) is 0 Å². The fourth-order valence-corrected chi connectivity index (χ4v) is 2.96. The third-order valence-electron chi connectivity index (χ3n) is 3.80. The molecular formula is C16H14ClN3O. The normalized spacial score (nSPS) is 18.5. The van der Waals surface area contributed by atoms with Gasteiger partial charge in [0.25, 0.3) is 5.91 Å². The molecule has 1 aromatic carbocycles. The van der Waals surface area contributed by atoms with Crippen LogP contribution in [-0.4, -0.2) is 28.4 Å². The Balaban J connectivity index is 2.00. The minimum Gasteiger partial charge on any atom is -0.321 e. The van der Waals surface area contributed by atoms with Gasteiger partial charge in [-0.1, -0.05) is 29.8 Å². The van der Waals surface area contributed by atoms with Crippen molar-refractivity contribution >= 4 is 28.4 Å². The maximum absolute atomic E-state index is 12.6. The molecule has 5 heteroatoms. The maximum Gasteiger partial charge on any atom is 0.273 e. The summed E-state index contributed by atoms with van der Waals surface area (Å²) in [7, 11) is 0. The van der Waals surface area contributed by atoms with E-state index >= 15 is 0 Å². The van der Waals surface area contributed by atoms with Gasteiger partial charge in [-0.05, 0) is 31.4 Å². The van der Waals surface area contributed by atoms with Gasteiger partial charge in [0.1, 0.15) is 11.7 Å². The number of nitriles is 1. The first-order valence-corrected chi connectivity index (χ1v) is 7.34. The van der Waals surface area contributed by atoms with Gasteiger partial charge in [0.15, 0.2) is 0 Å². The van der Waals surface area contributed by atoms with Crippen LogP contribution >= 0.6 is 11.6 Å². The maximum atomic E-state index is 12.6. The van der Waals surface area contributed by atoms with Crippen LogP contribution in [0.25, 0.3) is 10.9 Å². The average molecular weight is 300 g/mol. The van der Waals surface area contributed by atoms with Gasteiger partial charge in [0.2, 0.25) is 0 Å². The highest BCUT2D eigenvalue weighted by Crippen LogP contribution is 2.25. The number of hydrogen-bond donors (Lipinski definition) is 0. The number of fused-ring (bicyclic) bond motifs is 1. The van der Waals surface area contributed by atoms with Crippen LogP contribution in [0.15, 0.2) is 30.3 Å². The van der Waals surface area contributed by atoms with Crippen molar-refractivity contribution in [1.82, 2.24) is 9.88 Å². The molecule has 1 saturated heterocycles. The Bertz CT molecular complexity index is 738. The number of nitrogens with zero attached hydrogens (tertiary/aromatic N) is 3. The van der Waals surface area contributed by atoms with Gasteiger partial charge in [0.05, 0.1) is 16.6 Å². The summed E-state index contributed by atoms with van der Waals surface area (Å²) in [5.74, 6) is -0.214. The minimum atomic E-state index is -0.363. The third-order valence-corrected chi connectivity index (χ3v) is 4.11. The number of carbonyl (C=O) groups is 1. The Morgan fingerprint density at radius 3 is 3.00 bits per heavy atom. The van der Waals surface area contributed by atoms with Gasteiger partial charge in [-0.25, -0.2) is 4.98 Å². The van der Waals surface area contributed by atoms with E-state index in [0.717, 1.165) is 24.6 Å². The number of amides is 1. The largest absolute Gasteiger partial charge is 0.321 e. The molecule has 0 spiro atoms. The zero-order valence-electron chi connectivity index (χ0n) is 11.4. The first-order valence-electron chi connectivity index (χ1n) is 6.96. The molecule has 3 rings (SSSR count). The molecule has 0 saturated carbocycles. The molecule has 1 atom stereocenters. The van der Waals surface area contributed by atoms with Crippen LogP contribution < -0.4 is 0 Å². The molecule has 0 N–H and O–H groups in total. The molecule has 1 aliphatic rings. The number of likely N-dealkylation sites (tertiary alicyclic amines) is 1. The van der Waals surface area contributed by atoms with Crippen molar-refractivity contribution in [2.45, 2.75) is 25.3 Å². The second-order valence-corrected chi connectivity index (χ2v) is 5.55. The molecule has 21 heavy (non-hydrogen) atoms. The lowest BCUT2D eigenvalue weighted by atomic mass is 10.0. The lowest BCUT2D eigenvalue weighted by molar-refractivity contribution is 0.0665. The second-order valence-electron chi connectivity index (χ2n) is 5.15. The van der Waals surface area contributed by atoms with E-state index in [0.29, 0.717) is 22.8 Å². The predicted molar refractivity (Wildman–Crippen MR) is 81.0 cm³/mol. The molecule has 4 nitrogen and oxygen atoms in total. The summed E-state index contributed by atoms with van der Waals surface area (Å²) in [6.07, 6.45) is 2.63. The smallest absolute Gasteiger partial charge is 0.273 e. The number of carbonyl (C=O) groups excluding carboxylic acids is 1. The molecular weight excluding hydrogens is 286 g/mol. The Labute approximate surface area is 127 Å². The van der Waals surface area contributed by atoms with Crippen LogP contribution in [0.5, 0.6) is 0 Å². The third kappa shape index (κ3) is 2.57. The van der Waals surface area contributed by atoms with E-state index in [2.05, 4.69) is 11.1 Å². The zero-order valence-corrected chi connectivity index (χ0v) is 12.2. The second kappa shape index (κ2) is 5.71. The Hall–Kier alpha value is -2.12. The summed E-state index contributed by atoms with van der Waals surface area (Å²) in [4.78, 5) is 18.6. The molecule has 1 aliphatic heterocycles. The SMILES string of the molecule is N#CC1CCCCN1C(=O)c1cc(Cl)c2ccccc2n1. The quantitative estimate of drug-likeness (QED) is 0.811. The van der Waals surface area contributed by atoms with Crippen LogP contribution in [0.2, 0.25) is 5.02 Å². The Kier molecular flexibility index (Phi) is 3.76. The fourth-order valence-electron chi connectivity index (χ4n) is 2.70. The van der Waals surface area contributed by atoms with E-state index in [1.165, 1.54) is 0 Å². The summed E-state index contributed by atoms with van der Waals surface area (Å²) in [5, 5.41) is 10.5. The number of benzene rings is 1. The molecule has 0 radical (unpaired) electrons. The Morgan fingerprint density at radius 2 is 2.19 bits per heavy atom. The monoisotopic (exact) mass is 299 g/mol. The van der Waals surface area contributed by atoms with Gasteiger partial charge < -0.3 is 4.90 Å². The first-order chi connectivity index (χ1) is 10.2. The highest BCUT2D eigenvalue weighted by Gasteiger charge is 2.28. The highest BCUT2D eigenvalue weighted by molar-refractivity contribution is 6.35. The molecule has 106 valence electrons. The lowest BCUT2D eigenvalue weighted by Crippen LogP contribution is -2.43. The Morgan fingerprint density at radius 1 is 1.38 bits per heavy atom. The van der Waals surface area contributed by atoms with Gasteiger partial charge in [-0.3, -0.25) is 4.79 Å². The van der Waals surface area contributed by atoms with E-state index < -0.39 is 0 Å². The standard InChI is InChI=1S/C16H14ClN3O/c17-13-9-15(19-14-7-2-1-6-12(13)14)16(21)20-8-4-3-5-11(20)10-18/h1-2,6-7,9,11H,3-5,8H2. The number of halogens is 1. The molecule has 0 aliphatic carbocycles. The van der Waals surface area contributed by atoms with Crippen molar-refractivity contribution in [2.24, 2.45) is 0 Å². The van der Waals surface area contributed by atoms with E-state index in [4.69, 9.17) is 11.6 Å². The van der Waals surface area contributed by atoms with Crippen molar-refractivity contribution in [1.29, 1.82) is 5.26 Å². The van der Waals surface area contributed by atoms with E-state index in [-0.39, 0.29) is 11.9 Å². The number of pyridine rings is 1. The van der Waals surface area contributed by atoms with E-state index in [9.17, 15) is 10.1 Å². The van der Waals surface area contributed by atoms with Crippen LogP contribution in [-0.2, 0) is 0 Å². The molecule has 2 aromatic rings. The summed E-state index contributed by atoms with van der Waals surface area (Å²) < 4.78 is 0. The van der Waals surface area contributed by atoms with Gasteiger partial charge in [-0.2, -0.15) is 5.26 Å². The minimum absolute atomic E-state index is 0.214. The average Bonchev–Trinajstić information content (AvgIpc) is 2.54. The fraction of sp³-hybridized carbons (Fsp3) is 0.312. The first kappa shape index (κ1) is 13.8. The molecule has 1 fully saturated rings. The van der Waals surface area contributed by atoms with E-state index in [1.807, 2.05) is 24.3 Å². The molecule has 0 bridgehead atoms. The number of piperidine rings is 1. The van der Waals surface area contributed by atoms with Gasteiger partial charge in [-0.15, -0.1) is 0 Å². The topological polar surface area (TPSA) is 57.0 Å².